The van der Waals surface area contributed by atoms with Crippen molar-refractivity contribution < 1.29 is 14.3 Å². The van der Waals surface area contributed by atoms with E-state index < -0.39 is 5.97 Å². The number of aliphatic imine (C=N–C) groups is 1. The van der Waals surface area contributed by atoms with Crippen molar-refractivity contribution in [3.8, 4) is 5.75 Å². The Morgan fingerprint density at radius 1 is 0.938 bits per heavy atom. The summed E-state index contributed by atoms with van der Waals surface area (Å²) in [4.78, 5) is 33.4. The SMILES string of the molecule is CC(C)N1CCN(C(=O)c2ccc(OC(=O)c3ccccc3N=C(N)N)cc2)CC1.Cl.Cl. The number of para-hydroxylation sites is 1. The standard InChI is InChI=1S/C22H27N5O3.2ClH/c1-15(2)26-11-13-27(14-12-26)20(28)16-7-9-17(10-8-16)30-21(29)18-5-3-4-6-19(18)25-22(23)24;;/h3-10,15H,11-14H2,1-2H3,(H4,23,24,25);2*1H. The number of nitrogens with two attached hydrogens (primary N) is 2. The zero-order valence-corrected chi connectivity index (χ0v) is 19.7. The van der Waals surface area contributed by atoms with E-state index in [-0.39, 0.29) is 42.2 Å². The second-order valence-corrected chi connectivity index (χ2v) is 7.39. The maximum Gasteiger partial charge on any atom is 0.345 e. The van der Waals surface area contributed by atoms with Gasteiger partial charge in [-0.3, -0.25) is 9.69 Å². The third-order valence-corrected chi connectivity index (χ3v) is 5.02. The fraction of sp³-hybridized carbons (Fsp3) is 0.318. The molecule has 0 aromatic heterocycles. The summed E-state index contributed by atoms with van der Waals surface area (Å²) in [5.41, 5.74) is 12.0. The van der Waals surface area contributed by atoms with Gasteiger partial charge in [-0.1, -0.05) is 12.1 Å². The molecule has 2 aromatic rings. The number of carbonyl (C=O) groups excluding carboxylic acids is 2. The lowest BCUT2D eigenvalue weighted by molar-refractivity contribution is 0.0595. The molecule has 4 N–H and O–H groups in total. The first-order valence-corrected chi connectivity index (χ1v) is 9.89. The Kier molecular flexibility index (Phi) is 10.5. The van der Waals surface area contributed by atoms with Gasteiger partial charge in [0, 0.05) is 37.8 Å². The van der Waals surface area contributed by atoms with E-state index in [2.05, 4.69) is 23.7 Å². The minimum atomic E-state index is -0.584. The van der Waals surface area contributed by atoms with Crippen LogP contribution in [0.5, 0.6) is 5.75 Å². The number of hydrogen-bond acceptors (Lipinski definition) is 5. The zero-order valence-electron chi connectivity index (χ0n) is 18.1. The van der Waals surface area contributed by atoms with Crippen LogP contribution in [0.25, 0.3) is 0 Å². The van der Waals surface area contributed by atoms with E-state index in [1.807, 2.05) is 4.90 Å². The van der Waals surface area contributed by atoms with Crippen LogP contribution in [0.3, 0.4) is 0 Å². The van der Waals surface area contributed by atoms with Crippen molar-refractivity contribution in [2.24, 2.45) is 16.5 Å². The summed E-state index contributed by atoms with van der Waals surface area (Å²) in [5, 5.41) is 0. The number of rotatable bonds is 5. The van der Waals surface area contributed by atoms with E-state index in [0.29, 0.717) is 36.1 Å². The van der Waals surface area contributed by atoms with Crippen molar-refractivity contribution in [2.45, 2.75) is 19.9 Å². The highest BCUT2D eigenvalue weighted by molar-refractivity contribution is 5.98. The van der Waals surface area contributed by atoms with E-state index in [1.54, 1.807) is 48.5 Å². The summed E-state index contributed by atoms with van der Waals surface area (Å²) in [5.74, 6) is -0.415. The second-order valence-electron chi connectivity index (χ2n) is 7.39. The van der Waals surface area contributed by atoms with Crippen molar-refractivity contribution in [2.75, 3.05) is 26.2 Å². The molecule has 8 nitrogen and oxygen atoms in total. The Labute approximate surface area is 200 Å². The molecule has 0 atom stereocenters. The van der Waals surface area contributed by atoms with Crippen LogP contribution in [0.2, 0.25) is 0 Å². The smallest absolute Gasteiger partial charge is 0.345 e. The van der Waals surface area contributed by atoms with Crippen LogP contribution in [0.4, 0.5) is 5.69 Å². The van der Waals surface area contributed by atoms with Gasteiger partial charge in [-0.05, 0) is 50.2 Å². The number of hydrogen-bond donors (Lipinski definition) is 2. The van der Waals surface area contributed by atoms with Crippen molar-refractivity contribution in [1.82, 2.24) is 9.80 Å². The van der Waals surface area contributed by atoms with Gasteiger partial charge in [0.1, 0.15) is 5.75 Å². The number of piperazine rings is 1. The fourth-order valence-corrected chi connectivity index (χ4v) is 3.33. The quantitative estimate of drug-likeness (QED) is 0.293. The average Bonchev–Trinajstić information content (AvgIpc) is 2.74. The molecule has 0 bridgehead atoms. The van der Waals surface area contributed by atoms with E-state index >= 15 is 0 Å². The zero-order chi connectivity index (χ0) is 21.7. The lowest BCUT2D eigenvalue weighted by Crippen LogP contribution is -2.50. The first-order chi connectivity index (χ1) is 14.3. The molecule has 0 radical (unpaired) electrons. The summed E-state index contributed by atoms with van der Waals surface area (Å²) >= 11 is 0. The van der Waals surface area contributed by atoms with Crippen molar-refractivity contribution >= 4 is 48.3 Å². The monoisotopic (exact) mass is 481 g/mol. The molecule has 1 aliphatic rings. The van der Waals surface area contributed by atoms with Gasteiger partial charge in [-0.2, -0.15) is 0 Å². The number of halogens is 2. The number of nitrogens with zero attached hydrogens (tertiary/aromatic N) is 3. The summed E-state index contributed by atoms with van der Waals surface area (Å²) in [7, 11) is 0. The van der Waals surface area contributed by atoms with Crippen molar-refractivity contribution in [3.63, 3.8) is 0 Å². The van der Waals surface area contributed by atoms with Crippen molar-refractivity contribution in [3.05, 3.63) is 59.7 Å². The number of amides is 1. The van der Waals surface area contributed by atoms with Crippen LogP contribution in [0.15, 0.2) is 53.5 Å². The van der Waals surface area contributed by atoms with Gasteiger partial charge < -0.3 is 21.1 Å². The Morgan fingerprint density at radius 3 is 2.09 bits per heavy atom. The summed E-state index contributed by atoms with van der Waals surface area (Å²) in [6.45, 7) is 7.47. The number of esters is 1. The minimum Gasteiger partial charge on any atom is -0.423 e. The van der Waals surface area contributed by atoms with E-state index in [0.717, 1.165) is 13.1 Å². The Morgan fingerprint density at radius 2 is 1.53 bits per heavy atom. The van der Waals surface area contributed by atoms with Gasteiger partial charge in [-0.25, -0.2) is 9.79 Å². The Balaban J connectivity index is 0.00000256. The molecule has 1 fully saturated rings. The molecule has 32 heavy (non-hydrogen) atoms. The summed E-state index contributed by atoms with van der Waals surface area (Å²) < 4.78 is 5.42. The van der Waals surface area contributed by atoms with Gasteiger partial charge in [-0.15, -0.1) is 24.8 Å². The van der Waals surface area contributed by atoms with Gasteiger partial charge >= 0.3 is 5.97 Å². The molecule has 10 heteroatoms. The second kappa shape index (κ2) is 12.3. The molecule has 2 aromatic carbocycles. The van der Waals surface area contributed by atoms with Gasteiger partial charge in [0.15, 0.2) is 5.96 Å². The molecule has 3 rings (SSSR count). The Hall–Kier alpha value is -2.81. The predicted octanol–water partition coefficient (Wildman–Crippen LogP) is 2.82. The molecule has 0 spiro atoms. The number of benzene rings is 2. The predicted molar refractivity (Wildman–Crippen MR) is 130 cm³/mol. The minimum absolute atomic E-state index is 0. The van der Waals surface area contributed by atoms with Gasteiger partial charge in [0.05, 0.1) is 11.3 Å². The van der Waals surface area contributed by atoms with Crippen LogP contribution in [-0.4, -0.2) is 59.9 Å². The molecule has 1 amide bonds. The van der Waals surface area contributed by atoms with E-state index in [1.165, 1.54) is 0 Å². The molecule has 1 heterocycles. The third kappa shape index (κ3) is 6.85. The maximum absolute atomic E-state index is 12.7. The highest BCUT2D eigenvalue weighted by Crippen LogP contribution is 2.22. The molecule has 0 aliphatic carbocycles. The first kappa shape index (κ1) is 27.2. The fourth-order valence-electron chi connectivity index (χ4n) is 3.33. The maximum atomic E-state index is 12.7. The average molecular weight is 482 g/mol. The number of carbonyl (C=O) groups is 2. The van der Waals surface area contributed by atoms with Gasteiger partial charge in [0.25, 0.3) is 5.91 Å². The number of ether oxygens (including phenoxy) is 1. The molecule has 0 saturated carbocycles. The van der Waals surface area contributed by atoms with E-state index in [9.17, 15) is 9.59 Å². The summed E-state index contributed by atoms with van der Waals surface area (Å²) in [6.07, 6.45) is 0. The first-order valence-electron chi connectivity index (χ1n) is 9.89. The van der Waals surface area contributed by atoms with E-state index in [4.69, 9.17) is 16.2 Å². The van der Waals surface area contributed by atoms with Crippen LogP contribution < -0.4 is 16.2 Å². The summed E-state index contributed by atoms with van der Waals surface area (Å²) in [6, 6.07) is 13.7. The topological polar surface area (TPSA) is 114 Å². The van der Waals surface area contributed by atoms with Gasteiger partial charge in [0.2, 0.25) is 0 Å². The molecule has 1 aliphatic heterocycles. The lowest BCUT2D eigenvalue weighted by Gasteiger charge is -2.37. The van der Waals surface area contributed by atoms with Crippen molar-refractivity contribution in [1.29, 1.82) is 0 Å². The normalized spacial score (nSPS) is 13.5. The van der Waals surface area contributed by atoms with Crippen LogP contribution in [-0.2, 0) is 0 Å². The van der Waals surface area contributed by atoms with Crippen LogP contribution >= 0.6 is 24.8 Å². The Bertz CT molecular complexity index is 939. The van der Waals surface area contributed by atoms with Crippen LogP contribution in [0.1, 0.15) is 34.6 Å². The van der Waals surface area contributed by atoms with Crippen LogP contribution in [0, 0.1) is 0 Å². The third-order valence-electron chi connectivity index (χ3n) is 5.02. The molecule has 0 unspecified atom stereocenters. The molecular weight excluding hydrogens is 453 g/mol. The highest BCUT2D eigenvalue weighted by Gasteiger charge is 2.23. The molecule has 1 saturated heterocycles. The highest BCUT2D eigenvalue weighted by atomic mass is 35.5. The lowest BCUT2D eigenvalue weighted by atomic mass is 10.1. The number of guanidine groups is 1. The molecular formula is C22H29Cl2N5O3. The molecule has 174 valence electrons. The largest absolute Gasteiger partial charge is 0.423 e.